The van der Waals surface area contributed by atoms with E-state index in [-0.39, 0.29) is 10.7 Å². The van der Waals surface area contributed by atoms with Crippen molar-refractivity contribution in [1.29, 1.82) is 0 Å². The Morgan fingerprint density at radius 3 is 2.29 bits per heavy atom. The van der Waals surface area contributed by atoms with Gasteiger partial charge in [0, 0.05) is 17.2 Å². The van der Waals surface area contributed by atoms with Crippen molar-refractivity contribution in [1.82, 2.24) is 0 Å². The number of hydrogen-bond donors (Lipinski definition) is 1. The minimum Gasteiger partial charge on any atom is -0.486 e. The maximum absolute atomic E-state index is 12.2. The van der Waals surface area contributed by atoms with Crippen LogP contribution in [0.1, 0.15) is 5.56 Å². The summed E-state index contributed by atoms with van der Waals surface area (Å²) in [6.07, 6.45) is 1.46. The van der Waals surface area contributed by atoms with Crippen LogP contribution < -0.4 is 14.2 Å². The molecule has 8 heteroatoms. The summed E-state index contributed by atoms with van der Waals surface area (Å²) < 4.78 is 37.6. The van der Waals surface area contributed by atoms with Crippen LogP contribution in [0.4, 0.5) is 5.69 Å². The molecule has 0 aromatic heterocycles. The van der Waals surface area contributed by atoms with E-state index in [4.69, 9.17) is 32.7 Å². The first kappa shape index (κ1) is 17.0. The van der Waals surface area contributed by atoms with E-state index in [1.54, 1.807) is 24.3 Å². The lowest BCUT2D eigenvalue weighted by atomic mass is 10.2. The van der Waals surface area contributed by atoms with E-state index in [0.717, 1.165) is 5.41 Å². The number of hydrogen-bond acceptors (Lipinski definition) is 4. The molecule has 0 fully saturated rings. The first-order valence-electron chi connectivity index (χ1n) is 6.98. The number of halogens is 2. The molecular formula is C16H13Cl2NO4S. The van der Waals surface area contributed by atoms with Crippen LogP contribution in [0, 0.1) is 0 Å². The van der Waals surface area contributed by atoms with Crippen molar-refractivity contribution in [2.75, 3.05) is 17.9 Å². The highest BCUT2D eigenvalue weighted by Gasteiger charge is 2.17. The van der Waals surface area contributed by atoms with Crippen molar-refractivity contribution < 1.29 is 17.9 Å². The van der Waals surface area contributed by atoms with Crippen molar-refractivity contribution in [2.24, 2.45) is 0 Å². The van der Waals surface area contributed by atoms with Gasteiger partial charge >= 0.3 is 0 Å². The maximum Gasteiger partial charge on any atom is 0.255 e. The van der Waals surface area contributed by atoms with Gasteiger partial charge in [0.25, 0.3) is 10.0 Å². The summed E-state index contributed by atoms with van der Waals surface area (Å²) in [5.41, 5.74) is 0.930. The number of fused-ring (bicyclic) bond motifs is 1. The Balaban J connectivity index is 1.80. The zero-order valence-corrected chi connectivity index (χ0v) is 14.7. The van der Waals surface area contributed by atoms with Gasteiger partial charge in [-0.15, -0.1) is 0 Å². The van der Waals surface area contributed by atoms with Gasteiger partial charge in [-0.1, -0.05) is 35.3 Å². The Hall–Kier alpha value is -1.89. The summed E-state index contributed by atoms with van der Waals surface area (Å²) in [5, 5.41) is 1.86. The third-order valence-electron chi connectivity index (χ3n) is 3.19. The molecule has 0 amide bonds. The molecule has 1 aliphatic heterocycles. The van der Waals surface area contributed by atoms with Gasteiger partial charge in [0.2, 0.25) is 0 Å². The lowest BCUT2D eigenvalue weighted by Crippen LogP contribution is -2.16. The van der Waals surface area contributed by atoms with E-state index in [2.05, 4.69) is 4.72 Å². The summed E-state index contributed by atoms with van der Waals surface area (Å²) in [7, 11) is -3.74. The highest BCUT2D eigenvalue weighted by atomic mass is 35.5. The van der Waals surface area contributed by atoms with E-state index in [1.807, 2.05) is 0 Å². The van der Waals surface area contributed by atoms with E-state index < -0.39 is 10.0 Å². The first-order valence-corrected chi connectivity index (χ1v) is 9.29. The molecule has 0 bridgehead atoms. The molecule has 0 spiro atoms. The highest BCUT2D eigenvalue weighted by molar-refractivity contribution is 7.95. The molecule has 2 aromatic rings. The molecule has 0 radical (unpaired) electrons. The molecule has 0 unspecified atom stereocenters. The fourth-order valence-electron chi connectivity index (χ4n) is 2.07. The lowest BCUT2D eigenvalue weighted by Gasteiger charge is -2.19. The molecule has 0 atom stereocenters. The smallest absolute Gasteiger partial charge is 0.255 e. The van der Waals surface area contributed by atoms with Crippen LogP contribution in [-0.4, -0.2) is 21.6 Å². The van der Waals surface area contributed by atoms with Gasteiger partial charge in [-0.2, -0.15) is 0 Å². The Kier molecular flexibility index (Phi) is 4.89. The quantitative estimate of drug-likeness (QED) is 0.857. The summed E-state index contributed by atoms with van der Waals surface area (Å²) in [5.74, 6) is 0.941. The Morgan fingerprint density at radius 1 is 1.00 bits per heavy atom. The average Bonchev–Trinajstić information content (AvgIpc) is 2.55. The Morgan fingerprint density at radius 2 is 1.62 bits per heavy atom. The molecule has 126 valence electrons. The fourth-order valence-corrected chi connectivity index (χ4v) is 3.33. The number of anilines is 1. The molecule has 3 rings (SSSR count). The molecule has 1 heterocycles. The SMILES string of the molecule is O=S(=O)(/C=C/c1ccc(Cl)cc1)Nc1cc2c(cc1Cl)OCCO2. The Bertz CT molecular complexity index is 880. The fraction of sp³-hybridized carbons (Fsp3) is 0.125. The molecule has 5 nitrogen and oxygen atoms in total. The van der Waals surface area contributed by atoms with Crippen LogP contribution >= 0.6 is 23.2 Å². The van der Waals surface area contributed by atoms with Crippen LogP contribution in [0.2, 0.25) is 10.0 Å². The minimum atomic E-state index is -3.74. The second-order valence-corrected chi connectivity index (χ2v) is 7.39. The monoisotopic (exact) mass is 385 g/mol. The lowest BCUT2D eigenvalue weighted by molar-refractivity contribution is 0.171. The topological polar surface area (TPSA) is 64.6 Å². The maximum atomic E-state index is 12.2. The average molecular weight is 386 g/mol. The summed E-state index contributed by atoms with van der Waals surface area (Å²) in [6.45, 7) is 0.829. The predicted molar refractivity (Wildman–Crippen MR) is 95.5 cm³/mol. The third kappa shape index (κ3) is 4.14. The number of sulfonamides is 1. The minimum absolute atomic E-state index is 0.224. The van der Waals surface area contributed by atoms with Gasteiger partial charge in [0.15, 0.2) is 11.5 Å². The molecule has 1 aliphatic rings. The number of ether oxygens (including phenoxy) is 2. The van der Waals surface area contributed by atoms with Gasteiger partial charge < -0.3 is 9.47 Å². The van der Waals surface area contributed by atoms with Crippen LogP contribution in [0.3, 0.4) is 0 Å². The number of rotatable bonds is 4. The second kappa shape index (κ2) is 6.93. The summed E-state index contributed by atoms with van der Waals surface area (Å²) >= 11 is 11.9. The normalized spacial score (nSPS) is 13.9. The van der Waals surface area contributed by atoms with Gasteiger partial charge in [-0.3, -0.25) is 4.72 Å². The zero-order valence-electron chi connectivity index (χ0n) is 12.3. The van der Waals surface area contributed by atoms with Gasteiger partial charge in [-0.05, 0) is 23.8 Å². The van der Waals surface area contributed by atoms with Crippen LogP contribution in [0.15, 0.2) is 41.8 Å². The molecule has 1 N–H and O–H groups in total. The van der Waals surface area contributed by atoms with Crippen molar-refractivity contribution >= 4 is 45.0 Å². The summed E-state index contributed by atoms with van der Waals surface area (Å²) in [4.78, 5) is 0. The third-order valence-corrected chi connectivity index (χ3v) is 4.76. The van der Waals surface area contributed by atoms with E-state index in [9.17, 15) is 8.42 Å². The Labute approximate surface area is 149 Å². The van der Waals surface area contributed by atoms with Crippen LogP contribution in [0.5, 0.6) is 11.5 Å². The number of benzene rings is 2. The number of nitrogens with one attached hydrogen (secondary N) is 1. The van der Waals surface area contributed by atoms with E-state index in [0.29, 0.717) is 35.3 Å². The van der Waals surface area contributed by atoms with E-state index in [1.165, 1.54) is 18.2 Å². The largest absolute Gasteiger partial charge is 0.486 e. The molecule has 24 heavy (non-hydrogen) atoms. The van der Waals surface area contributed by atoms with Gasteiger partial charge in [0.1, 0.15) is 13.2 Å². The predicted octanol–water partition coefficient (Wildman–Crippen LogP) is 4.18. The molecule has 0 saturated carbocycles. The molecule has 0 saturated heterocycles. The second-order valence-electron chi connectivity index (χ2n) is 4.98. The van der Waals surface area contributed by atoms with E-state index >= 15 is 0 Å². The highest BCUT2D eigenvalue weighted by Crippen LogP contribution is 2.38. The van der Waals surface area contributed by atoms with Crippen LogP contribution in [-0.2, 0) is 10.0 Å². The molecule has 2 aromatic carbocycles. The van der Waals surface area contributed by atoms with Crippen LogP contribution in [0.25, 0.3) is 6.08 Å². The van der Waals surface area contributed by atoms with Crippen molar-refractivity contribution in [3.63, 3.8) is 0 Å². The first-order chi connectivity index (χ1) is 11.4. The molecule has 0 aliphatic carbocycles. The van der Waals surface area contributed by atoms with Gasteiger partial charge in [0.05, 0.1) is 16.1 Å². The van der Waals surface area contributed by atoms with Crippen molar-refractivity contribution in [3.8, 4) is 11.5 Å². The van der Waals surface area contributed by atoms with Gasteiger partial charge in [-0.25, -0.2) is 8.42 Å². The zero-order chi connectivity index (χ0) is 17.2. The standard InChI is InChI=1S/C16H13Cl2NO4S/c17-12-3-1-11(2-4-12)5-8-24(20,21)19-14-10-16-15(9-13(14)18)22-6-7-23-16/h1-5,8-10,19H,6-7H2/b8-5+. The summed E-state index contributed by atoms with van der Waals surface area (Å²) in [6, 6.07) is 9.82. The van der Waals surface area contributed by atoms with Crippen molar-refractivity contribution in [3.05, 3.63) is 57.4 Å². The molecular weight excluding hydrogens is 373 g/mol. The van der Waals surface area contributed by atoms with Crippen molar-refractivity contribution in [2.45, 2.75) is 0 Å².